The molecule has 26 heavy (non-hydrogen) atoms. The van der Waals surface area contributed by atoms with Crippen LogP contribution in [0.4, 0.5) is 17.1 Å². The lowest BCUT2D eigenvalue weighted by Gasteiger charge is -2.12. The normalized spacial score (nSPS) is 10.1. The van der Waals surface area contributed by atoms with Gasteiger partial charge in [-0.1, -0.05) is 12.1 Å². The Balaban J connectivity index is 2.02. The average molecular weight is 356 g/mol. The molecule has 0 aliphatic heterocycles. The van der Waals surface area contributed by atoms with Crippen LogP contribution in [0, 0.1) is 17.0 Å². The van der Waals surface area contributed by atoms with E-state index in [1.54, 1.807) is 51.4 Å². The maximum Gasteiger partial charge on any atom is 0.271 e. The Labute approximate surface area is 151 Å². The van der Waals surface area contributed by atoms with E-state index < -0.39 is 4.92 Å². The molecular formula is C18H20N4O4. The van der Waals surface area contributed by atoms with Crippen LogP contribution in [0.3, 0.4) is 0 Å². The molecule has 2 aromatic rings. The van der Waals surface area contributed by atoms with Crippen molar-refractivity contribution in [1.82, 2.24) is 4.90 Å². The summed E-state index contributed by atoms with van der Waals surface area (Å²) in [7, 11) is 3.30. The maximum absolute atomic E-state index is 12.1. The number of nitro groups is 1. The minimum Gasteiger partial charge on any atom is -0.376 e. The first-order chi connectivity index (χ1) is 12.3. The fourth-order valence-corrected chi connectivity index (χ4v) is 2.28. The largest absolute Gasteiger partial charge is 0.376 e. The van der Waals surface area contributed by atoms with Crippen LogP contribution >= 0.6 is 0 Å². The van der Waals surface area contributed by atoms with Crippen molar-refractivity contribution in [3.05, 3.63) is 63.7 Å². The lowest BCUT2D eigenvalue weighted by Crippen LogP contribution is -2.23. The van der Waals surface area contributed by atoms with Crippen molar-refractivity contribution >= 4 is 28.9 Å². The molecule has 0 spiro atoms. The second-order valence-corrected chi connectivity index (χ2v) is 5.94. The number of carbonyl (C=O) groups is 2. The fourth-order valence-electron chi connectivity index (χ4n) is 2.28. The number of nitrogens with one attached hydrogen (secondary N) is 2. The summed E-state index contributed by atoms with van der Waals surface area (Å²) in [5, 5.41) is 16.4. The summed E-state index contributed by atoms with van der Waals surface area (Å²) in [5.41, 5.74) is 2.23. The van der Waals surface area contributed by atoms with Crippen LogP contribution in [0.15, 0.2) is 42.5 Å². The zero-order valence-electron chi connectivity index (χ0n) is 14.8. The van der Waals surface area contributed by atoms with Gasteiger partial charge in [-0.15, -0.1) is 0 Å². The molecule has 2 N–H and O–H groups in total. The van der Waals surface area contributed by atoms with Crippen molar-refractivity contribution < 1.29 is 14.5 Å². The zero-order chi connectivity index (χ0) is 19.3. The average Bonchev–Trinajstić information content (AvgIpc) is 2.60. The summed E-state index contributed by atoms with van der Waals surface area (Å²) in [6, 6.07) is 11.1. The summed E-state index contributed by atoms with van der Waals surface area (Å²) in [6.07, 6.45) is 0. The van der Waals surface area contributed by atoms with Crippen LogP contribution in [0.25, 0.3) is 0 Å². The molecule has 0 saturated carbocycles. The minimum absolute atomic E-state index is 0.0478. The second kappa shape index (κ2) is 8.11. The van der Waals surface area contributed by atoms with Crippen LogP contribution in [0.5, 0.6) is 0 Å². The highest BCUT2D eigenvalue weighted by Gasteiger charge is 2.11. The van der Waals surface area contributed by atoms with E-state index in [1.807, 2.05) is 0 Å². The highest BCUT2D eigenvalue weighted by atomic mass is 16.6. The molecule has 8 heteroatoms. The summed E-state index contributed by atoms with van der Waals surface area (Å²) in [5.74, 6) is -0.489. The SMILES string of the molecule is Cc1ccc([N+](=O)[O-])cc1NCC(=O)Nc1cccc(C(=O)N(C)C)c1. The van der Waals surface area contributed by atoms with Gasteiger partial charge in [-0.3, -0.25) is 19.7 Å². The van der Waals surface area contributed by atoms with Crippen molar-refractivity contribution in [3.63, 3.8) is 0 Å². The third-order valence-corrected chi connectivity index (χ3v) is 3.67. The molecule has 0 aliphatic rings. The fraction of sp³-hybridized carbons (Fsp3) is 0.222. The number of carbonyl (C=O) groups excluding carboxylic acids is 2. The molecule has 0 saturated heterocycles. The van der Waals surface area contributed by atoms with Gasteiger partial charge in [0.2, 0.25) is 5.91 Å². The highest BCUT2D eigenvalue weighted by Crippen LogP contribution is 2.21. The number of benzene rings is 2. The number of hydrogen-bond acceptors (Lipinski definition) is 5. The van der Waals surface area contributed by atoms with Crippen LogP contribution in [0.2, 0.25) is 0 Å². The Hall–Kier alpha value is -3.42. The second-order valence-electron chi connectivity index (χ2n) is 5.94. The van der Waals surface area contributed by atoms with Gasteiger partial charge in [-0.2, -0.15) is 0 Å². The first-order valence-corrected chi connectivity index (χ1v) is 7.88. The summed E-state index contributed by atoms with van der Waals surface area (Å²) in [6.45, 7) is 1.73. The molecule has 2 amide bonds. The third-order valence-electron chi connectivity index (χ3n) is 3.67. The molecule has 2 rings (SSSR count). The number of nitro benzene ring substituents is 1. The standard InChI is InChI=1S/C18H20N4O4/c1-12-7-8-15(22(25)26)10-16(12)19-11-17(23)20-14-6-4-5-13(9-14)18(24)21(2)3/h4-10,19H,11H2,1-3H3,(H,20,23). The van der Waals surface area contributed by atoms with Crippen molar-refractivity contribution in [1.29, 1.82) is 0 Å². The van der Waals surface area contributed by atoms with Crippen LogP contribution in [-0.4, -0.2) is 42.3 Å². The van der Waals surface area contributed by atoms with Gasteiger partial charge in [0.25, 0.3) is 11.6 Å². The van der Waals surface area contributed by atoms with Gasteiger partial charge >= 0.3 is 0 Å². The van der Waals surface area contributed by atoms with Crippen LogP contribution < -0.4 is 10.6 Å². The Kier molecular flexibility index (Phi) is 5.90. The molecule has 0 bridgehead atoms. The molecule has 0 aromatic heterocycles. The minimum atomic E-state index is -0.488. The molecule has 8 nitrogen and oxygen atoms in total. The number of non-ortho nitro benzene ring substituents is 1. The van der Waals surface area contributed by atoms with Gasteiger partial charge < -0.3 is 15.5 Å². The summed E-state index contributed by atoms with van der Waals surface area (Å²) < 4.78 is 0. The van der Waals surface area contributed by atoms with Crippen LogP contribution in [-0.2, 0) is 4.79 Å². The lowest BCUT2D eigenvalue weighted by atomic mass is 10.1. The third kappa shape index (κ3) is 4.79. The van der Waals surface area contributed by atoms with E-state index in [9.17, 15) is 19.7 Å². The van der Waals surface area contributed by atoms with E-state index in [0.29, 0.717) is 16.9 Å². The van der Waals surface area contributed by atoms with Gasteiger partial charge in [-0.25, -0.2) is 0 Å². The van der Waals surface area contributed by atoms with Gasteiger partial charge in [0.15, 0.2) is 0 Å². The molecule has 0 atom stereocenters. The maximum atomic E-state index is 12.1. The molecule has 0 unspecified atom stereocenters. The van der Waals surface area contributed by atoms with Crippen molar-refractivity contribution in [3.8, 4) is 0 Å². The van der Waals surface area contributed by atoms with Crippen molar-refractivity contribution in [2.45, 2.75) is 6.92 Å². The van der Waals surface area contributed by atoms with Crippen molar-refractivity contribution in [2.24, 2.45) is 0 Å². The predicted molar refractivity (Wildman–Crippen MR) is 99.4 cm³/mol. The Morgan fingerprint density at radius 2 is 1.88 bits per heavy atom. The Morgan fingerprint density at radius 1 is 1.15 bits per heavy atom. The first-order valence-electron chi connectivity index (χ1n) is 7.88. The number of amides is 2. The van der Waals surface area contributed by atoms with Gasteiger partial charge in [-0.05, 0) is 30.7 Å². The topological polar surface area (TPSA) is 105 Å². The number of hydrogen-bond donors (Lipinski definition) is 2. The van der Waals surface area contributed by atoms with E-state index in [-0.39, 0.29) is 24.0 Å². The van der Waals surface area contributed by atoms with Gasteiger partial charge in [0, 0.05) is 43.2 Å². The number of aryl methyl sites for hydroxylation is 1. The van der Waals surface area contributed by atoms with E-state index >= 15 is 0 Å². The lowest BCUT2D eigenvalue weighted by molar-refractivity contribution is -0.384. The molecule has 0 aliphatic carbocycles. The van der Waals surface area contributed by atoms with Gasteiger partial charge in [0.1, 0.15) is 0 Å². The zero-order valence-corrected chi connectivity index (χ0v) is 14.8. The predicted octanol–water partition coefficient (Wildman–Crippen LogP) is 2.66. The Bertz CT molecular complexity index is 849. The van der Waals surface area contributed by atoms with Gasteiger partial charge in [0.05, 0.1) is 11.5 Å². The number of anilines is 2. The molecule has 0 heterocycles. The molecule has 2 aromatic carbocycles. The number of rotatable bonds is 6. The smallest absolute Gasteiger partial charge is 0.271 e. The van der Waals surface area contributed by atoms with E-state index in [0.717, 1.165) is 5.56 Å². The van der Waals surface area contributed by atoms with Crippen LogP contribution in [0.1, 0.15) is 15.9 Å². The number of nitrogens with zero attached hydrogens (tertiary/aromatic N) is 2. The van der Waals surface area contributed by atoms with E-state index in [4.69, 9.17) is 0 Å². The molecule has 0 fully saturated rings. The summed E-state index contributed by atoms with van der Waals surface area (Å²) in [4.78, 5) is 35.9. The Morgan fingerprint density at radius 3 is 2.54 bits per heavy atom. The first kappa shape index (κ1) is 18.9. The van der Waals surface area contributed by atoms with E-state index in [1.165, 1.54) is 17.0 Å². The quantitative estimate of drug-likeness (QED) is 0.611. The summed E-state index contributed by atoms with van der Waals surface area (Å²) >= 11 is 0. The molecule has 0 radical (unpaired) electrons. The molecule has 136 valence electrons. The molecular weight excluding hydrogens is 336 g/mol. The highest BCUT2D eigenvalue weighted by molar-refractivity contribution is 5.98. The van der Waals surface area contributed by atoms with E-state index in [2.05, 4.69) is 10.6 Å². The monoisotopic (exact) mass is 356 g/mol. The van der Waals surface area contributed by atoms with Crippen molar-refractivity contribution in [2.75, 3.05) is 31.3 Å².